The molecule has 100 valence electrons. The largest absolute Gasteiger partial charge is 0.506 e. The number of nitrogens with one attached hydrogen (secondary N) is 1. The lowest BCUT2D eigenvalue weighted by atomic mass is 10.2. The molecule has 1 atom stereocenters. The quantitative estimate of drug-likeness (QED) is 0.846. The van der Waals surface area contributed by atoms with Crippen LogP contribution in [-0.4, -0.2) is 35.1 Å². The molecule has 0 bridgehead atoms. The smallest absolute Gasteiger partial charge is 0.163 e. The molecule has 1 saturated heterocycles. The minimum Gasteiger partial charge on any atom is -0.506 e. The van der Waals surface area contributed by atoms with E-state index >= 15 is 0 Å². The third kappa shape index (κ3) is 3.41. The van der Waals surface area contributed by atoms with Crippen molar-refractivity contribution in [2.45, 2.75) is 39.2 Å². The summed E-state index contributed by atoms with van der Waals surface area (Å²) >= 11 is 0. The summed E-state index contributed by atoms with van der Waals surface area (Å²) < 4.78 is 11.1. The van der Waals surface area contributed by atoms with Crippen LogP contribution in [0.15, 0.2) is 12.1 Å². The molecule has 0 amide bonds. The molecular formula is C13H20N2O3. The van der Waals surface area contributed by atoms with Crippen LogP contribution in [0.1, 0.15) is 25.2 Å². The van der Waals surface area contributed by atoms with Crippen LogP contribution in [0.2, 0.25) is 0 Å². The molecule has 0 aromatic carbocycles. The van der Waals surface area contributed by atoms with Crippen molar-refractivity contribution in [1.82, 2.24) is 10.3 Å². The molecule has 18 heavy (non-hydrogen) atoms. The molecule has 2 rings (SSSR count). The van der Waals surface area contributed by atoms with Crippen LogP contribution in [0.3, 0.4) is 0 Å². The first-order valence-electron chi connectivity index (χ1n) is 6.14. The van der Waals surface area contributed by atoms with Crippen molar-refractivity contribution >= 4 is 0 Å². The van der Waals surface area contributed by atoms with E-state index in [0.717, 1.165) is 5.69 Å². The van der Waals surface area contributed by atoms with Gasteiger partial charge in [-0.1, -0.05) is 0 Å². The Morgan fingerprint density at radius 1 is 1.50 bits per heavy atom. The summed E-state index contributed by atoms with van der Waals surface area (Å²) in [6, 6.07) is 3.45. The Balaban J connectivity index is 1.80. The molecule has 0 saturated carbocycles. The van der Waals surface area contributed by atoms with Gasteiger partial charge in [-0.3, -0.25) is 4.98 Å². The summed E-state index contributed by atoms with van der Waals surface area (Å²) in [5.41, 5.74) is 1.55. The molecule has 1 aromatic heterocycles. The maximum atomic E-state index is 9.65. The van der Waals surface area contributed by atoms with Crippen molar-refractivity contribution in [1.29, 1.82) is 0 Å². The Bertz CT molecular complexity index is 421. The number of aromatic hydroxyl groups is 1. The zero-order valence-corrected chi connectivity index (χ0v) is 11.1. The third-order valence-electron chi connectivity index (χ3n) is 2.82. The zero-order valence-electron chi connectivity index (χ0n) is 11.1. The Labute approximate surface area is 107 Å². The average molecular weight is 252 g/mol. The summed E-state index contributed by atoms with van der Waals surface area (Å²) in [7, 11) is 0. The molecule has 1 fully saturated rings. The average Bonchev–Trinajstić information content (AvgIpc) is 2.63. The van der Waals surface area contributed by atoms with Gasteiger partial charge in [0.1, 0.15) is 5.75 Å². The van der Waals surface area contributed by atoms with Gasteiger partial charge in [0, 0.05) is 18.8 Å². The van der Waals surface area contributed by atoms with Gasteiger partial charge >= 0.3 is 0 Å². The first-order chi connectivity index (χ1) is 8.46. The molecule has 0 aliphatic carbocycles. The van der Waals surface area contributed by atoms with Crippen molar-refractivity contribution in [2.24, 2.45) is 0 Å². The van der Waals surface area contributed by atoms with E-state index in [1.165, 1.54) is 0 Å². The van der Waals surface area contributed by atoms with Crippen LogP contribution < -0.4 is 5.32 Å². The summed E-state index contributed by atoms with van der Waals surface area (Å²) in [5.74, 6) is -0.271. The van der Waals surface area contributed by atoms with Gasteiger partial charge in [0.25, 0.3) is 0 Å². The number of ether oxygens (including phenoxy) is 2. The number of nitrogens with zero attached hydrogens (tertiary/aromatic N) is 1. The number of aryl methyl sites for hydroxylation is 1. The van der Waals surface area contributed by atoms with Gasteiger partial charge in [-0.2, -0.15) is 0 Å². The molecule has 1 aromatic rings. The summed E-state index contributed by atoms with van der Waals surface area (Å²) in [6.07, 6.45) is 0.0481. The van der Waals surface area contributed by atoms with E-state index in [4.69, 9.17) is 9.47 Å². The standard InChI is InChI=1S/C13H20N2O3/c1-9-4-5-12(16)11(15-9)7-14-6-10-8-17-13(2,3)18-10/h4-5,10,14,16H,6-8H2,1-3H3. The van der Waals surface area contributed by atoms with Crippen molar-refractivity contribution in [3.8, 4) is 5.75 Å². The SMILES string of the molecule is Cc1ccc(O)c(CNCC2COC(C)(C)O2)n1. The van der Waals surface area contributed by atoms with Crippen LogP contribution in [0.4, 0.5) is 0 Å². The van der Waals surface area contributed by atoms with Gasteiger partial charge in [-0.15, -0.1) is 0 Å². The monoisotopic (exact) mass is 252 g/mol. The van der Waals surface area contributed by atoms with Crippen molar-refractivity contribution < 1.29 is 14.6 Å². The zero-order chi connectivity index (χ0) is 13.2. The summed E-state index contributed by atoms with van der Waals surface area (Å²) in [5, 5.41) is 12.9. The van der Waals surface area contributed by atoms with Crippen LogP contribution in [0.5, 0.6) is 5.75 Å². The van der Waals surface area contributed by atoms with Gasteiger partial charge in [0.05, 0.1) is 18.4 Å². The molecule has 2 heterocycles. The summed E-state index contributed by atoms with van der Waals surface area (Å²) in [6.45, 7) is 7.50. The molecule has 1 aliphatic rings. The lowest BCUT2D eigenvalue weighted by Gasteiger charge is -2.17. The van der Waals surface area contributed by atoms with E-state index in [1.807, 2.05) is 20.8 Å². The van der Waals surface area contributed by atoms with E-state index in [9.17, 15) is 5.11 Å². The van der Waals surface area contributed by atoms with E-state index in [1.54, 1.807) is 12.1 Å². The normalized spacial score (nSPS) is 22.3. The highest BCUT2D eigenvalue weighted by atomic mass is 16.7. The number of pyridine rings is 1. The maximum Gasteiger partial charge on any atom is 0.163 e. The van der Waals surface area contributed by atoms with Gasteiger partial charge < -0.3 is 19.9 Å². The third-order valence-corrected chi connectivity index (χ3v) is 2.82. The number of aromatic nitrogens is 1. The Kier molecular flexibility index (Phi) is 3.85. The predicted octanol–water partition coefficient (Wildman–Crippen LogP) is 1.34. The summed E-state index contributed by atoms with van der Waals surface area (Å²) in [4.78, 5) is 4.28. The molecule has 1 aliphatic heterocycles. The van der Waals surface area contributed by atoms with Crippen LogP contribution in [0.25, 0.3) is 0 Å². The second kappa shape index (κ2) is 5.22. The number of hydrogen-bond donors (Lipinski definition) is 2. The lowest BCUT2D eigenvalue weighted by Crippen LogP contribution is -2.30. The molecular weight excluding hydrogens is 232 g/mol. The minimum absolute atomic E-state index is 0.0481. The van der Waals surface area contributed by atoms with Crippen LogP contribution in [-0.2, 0) is 16.0 Å². The van der Waals surface area contributed by atoms with Crippen LogP contribution >= 0.6 is 0 Å². The van der Waals surface area contributed by atoms with E-state index in [2.05, 4.69) is 10.3 Å². The van der Waals surface area contributed by atoms with E-state index in [-0.39, 0.29) is 11.9 Å². The van der Waals surface area contributed by atoms with Gasteiger partial charge in [0.2, 0.25) is 0 Å². The second-order valence-corrected chi connectivity index (χ2v) is 5.00. The molecule has 0 spiro atoms. The van der Waals surface area contributed by atoms with Crippen molar-refractivity contribution in [3.63, 3.8) is 0 Å². The minimum atomic E-state index is -0.490. The number of rotatable bonds is 4. The van der Waals surface area contributed by atoms with Gasteiger partial charge in [-0.05, 0) is 32.9 Å². The molecule has 0 radical (unpaired) electrons. The fourth-order valence-electron chi connectivity index (χ4n) is 1.95. The van der Waals surface area contributed by atoms with Crippen LogP contribution in [0, 0.1) is 6.92 Å². The molecule has 2 N–H and O–H groups in total. The Morgan fingerprint density at radius 3 is 2.94 bits per heavy atom. The fraction of sp³-hybridized carbons (Fsp3) is 0.615. The molecule has 5 heteroatoms. The maximum absolute atomic E-state index is 9.65. The first kappa shape index (κ1) is 13.3. The predicted molar refractivity (Wildman–Crippen MR) is 67.2 cm³/mol. The van der Waals surface area contributed by atoms with E-state index in [0.29, 0.717) is 25.4 Å². The Morgan fingerprint density at radius 2 is 2.28 bits per heavy atom. The highest BCUT2D eigenvalue weighted by Gasteiger charge is 2.32. The number of hydrogen-bond acceptors (Lipinski definition) is 5. The molecule has 5 nitrogen and oxygen atoms in total. The highest BCUT2D eigenvalue weighted by Crippen LogP contribution is 2.22. The first-order valence-corrected chi connectivity index (χ1v) is 6.14. The van der Waals surface area contributed by atoms with Gasteiger partial charge in [0.15, 0.2) is 5.79 Å². The van der Waals surface area contributed by atoms with E-state index < -0.39 is 5.79 Å². The topological polar surface area (TPSA) is 63.6 Å². The Hall–Kier alpha value is -1.17. The van der Waals surface area contributed by atoms with Crippen molar-refractivity contribution in [2.75, 3.05) is 13.2 Å². The lowest BCUT2D eigenvalue weighted by molar-refractivity contribution is -0.137. The van der Waals surface area contributed by atoms with Crippen molar-refractivity contribution in [3.05, 3.63) is 23.5 Å². The highest BCUT2D eigenvalue weighted by molar-refractivity contribution is 5.27. The van der Waals surface area contributed by atoms with Gasteiger partial charge in [-0.25, -0.2) is 0 Å². The molecule has 1 unspecified atom stereocenters. The fourth-order valence-corrected chi connectivity index (χ4v) is 1.95. The second-order valence-electron chi connectivity index (χ2n) is 5.00.